The molecule has 0 aliphatic rings. The van der Waals surface area contributed by atoms with Crippen LogP contribution in [0.5, 0.6) is 11.5 Å². The van der Waals surface area contributed by atoms with Crippen LogP contribution in [0, 0.1) is 5.92 Å². The fourth-order valence-corrected chi connectivity index (χ4v) is 4.34. The van der Waals surface area contributed by atoms with Crippen molar-refractivity contribution in [3.05, 3.63) is 58.9 Å². The molecule has 1 unspecified atom stereocenters. The van der Waals surface area contributed by atoms with E-state index in [1.165, 1.54) is 11.8 Å². The van der Waals surface area contributed by atoms with Crippen molar-refractivity contribution in [3.63, 3.8) is 0 Å². The summed E-state index contributed by atoms with van der Waals surface area (Å²) in [5.74, 6) is 2.76. The molecule has 9 heteroatoms. The largest absolute Gasteiger partial charge is 0.497 e. The molecule has 4 aromatic rings. The van der Waals surface area contributed by atoms with Gasteiger partial charge in [0.15, 0.2) is 5.16 Å². The van der Waals surface area contributed by atoms with Gasteiger partial charge in [-0.3, -0.25) is 13.8 Å². The lowest BCUT2D eigenvalue weighted by Gasteiger charge is -2.13. The molecule has 0 bridgehead atoms. The van der Waals surface area contributed by atoms with E-state index in [9.17, 15) is 9.90 Å². The van der Waals surface area contributed by atoms with Crippen molar-refractivity contribution in [2.24, 2.45) is 5.92 Å². The second kappa shape index (κ2) is 10.3. The SMILES string of the molecule is COc1ccc(OCC(O)CSc2nnc3n(CCC(C)C)c(=O)c4ccccc4n23)cc1. The fraction of sp³-hybridized carbons (Fsp3) is 0.375. The van der Waals surface area contributed by atoms with Gasteiger partial charge in [0.1, 0.15) is 18.1 Å². The lowest BCUT2D eigenvalue weighted by molar-refractivity contribution is 0.126. The average molecular weight is 469 g/mol. The van der Waals surface area contributed by atoms with Crippen molar-refractivity contribution < 1.29 is 14.6 Å². The summed E-state index contributed by atoms with van der Waals surface area (Å²) in [6, 6.07) is 14.7. The number of ether oxygens (including phenoxy) is 2. The lowest BCUT2D eigenvalue weighted by atomic mass is 10.1. The number of rotatable bonds is 10. The Morgan fingerprint density at radius 3 is 2.52 bits per heavy atom. The van der Waals surface area contributed by atoms with Crippen LogP contribution in [-0.2, 0) is 6.54 Å². The second-order valence-electron chi connectivity index (χ2n) is 8.23. The Morgan fingerprint density at radius 1 is 1.06 bits per heavy atom. The van der Waals surface area contributed by atoms with Crippen LogP contribution in [0.4, 0.5) is 0 Å². The van der Waals surface area contributed by atoms with Gasteiger partial charge in [0.05, 0.1) is 24.1 Å². The molecule has 2 aromatic carbocycles. The van der Waals surface area contributed by atoms with Gasteiger partial charge in [-0.2, -0.15) is 0 Å². The van der Waals surface area contributed by atoms with Crippen LogP contribution < -0.4 is 15.0 Å². The summed E-state index contributed by atoms with van der Waals surface area (Å²) in [5.41, 5.74) is 0.699. The minimum absolute atomic E-state index is 0.0596. The van der Waals surface area contributed by atoms with Crippen molar-refractivity contribution in [3.8, 4) is 11.5 Å². The molecular weight excluding hydrogens is 440 g/mol. The number of aromatic nitrogens is 4. The minimum atomic E-state index is -0.706. The maximum absolute atomic E-state index is 13.1. The van der Waals surface area contributed by atoms with Crippen LogP contribution in [0.2, 0.25) is 0 Å². The van der Waals surface area contributed by atoms with Crippen LogP contribution in [0.25, 0.3) is 16.7 Å². The van der Waals surface area contributed by atoms with E-state index in [0.717, 1.165) is 17.7 Å². The Morgan fingerprint density at radius 2 is 1.79 bits per heavy atom. The van der Waals surface area contributed by atoms with Gasteiger partial charge in [0.25, 0.3) is 5.56 Å². The quantitative estimate of drug-likeness (QED) is 0.355. The molecule has 174 valence electrons. The van der Waals surface area contributed by atoms with E-state index in [1.807, 2.05) is 40.8 Å². The van der Waals surface area contributed by atoms with E-state index in [2.05, 4.69) is 24.0 Å². The van der Waals surface area contributed by atoms with Crippen LogP contribution in [0.15, 0.2) is 58.5 Å². The maximum atomic E-state index is 13.1. The number of hydrogen-bond donors (Lipinski definition) is 1. The molecule has 1 atom stereocenters. The molecule has 0 amide bonds. The summed E-state index contributed by atoms with van der Waals surface area (Å²) in [4.78, 5) is 13.1. The highest BCUT2D eigenvalue weighted by molar-refractivity contribution is 7.99. The molecule has 2 aromatic heterocycles. The first-order valence-electron chi connectivity index (χ1n) is 10.9. The molecule has 4 rings (SSSR count). The van der Waals surface area contributed by atoms with E-state index in [4.69, 9.17) is 9.47 Å². The number of benzene rings is 2. The van der Waals surface area contributed by atoms with Crippen LogP contribution in [0.3, 0.4) is 0 Å². The highest BCUT2D eigenvalue weighted by Crippen LogP contribution is 2.23. The summed E-state index contributed by atoms with van der Waals surface area (Å²) in [5, 5.41) is 20.4. The number of aryl methyl sites for hydroxylation is 1. The zero-order valence-corrected chi connectivity index (χ0v) is 19.8. The number of para-hydroxylation sites is 1. The average Bonchev–Trinajstić information content (AvgIpc) is 3.25. The zero-order valence-electron chi connectivity index (χ0n) is 19.0. The number of thioether (sulfide) groups is 1. The molecule has 0 aliphatic heterocycles. The van der Waals surface area contributed by atoms with Gasteiger partial charge in [0, 0.05) is 12.3 Å². The molecule has 2 heterocycles. The molecule has 33 heavy (non-hydrogen) atoms. The minimum Gasteiger partial charge on any atom is -0.497 e. The van der Waals surface area contributed by atoms with Gasteiger partial charge in [0.2, 0.25) is 5.78 Å². The maximum Gasteiger partial charge on any atom is 0.262 e. The van der Waals surface area contributed by atoms with Gasteiger partial charge in [-0.25, -0.2) is 0 Å². The standard InChI is InChI=1S/C24H28N4O4S/c1-16(2)12-13-27-22(30)20-6-4-5-7-21(20)28-23(27)25-26-24(28)33-15-17(29)14-32-19-10-8-18(31-3)9-11-19/h4-11,16-17,29H,12-15H2,1-3H3. The topological polar surface area (TPSA) is 90.9 Å². The third-order valence-corrected chi connectivity index (χ3v) is 6.39. The van der Waals surface area contributed by atoms with Crippen molar-refractivity contribution in [1.82, 2.24) is 19.2 Å². The van der Waals surface area contributed by atoms with E-state index in [0.29, 0.717) is 40.3 Å². The van der Waals surface area contributed by atoms with E-state index >= 15 is 0 Å². The third kappa shape index (κ3) is 5.15. The van der Waals surface area contributed by atoms with Gasteiger partial charge >= 0.3 is 0 Å². The van der Waals surface area contributed by atoms with E-state index in [1.54, 1.807) is 23.8 Å². The van der Waals surface area contributed by atoms with Crippen molar-refractivity contribution in [2.75, 3.05) is 19.5 Å². The Balaban J connectivity index is 1.53. The van der Waals surface area contributed by atoms with Crippen LogP contribution in [-0.4, -0.2) is 49.8 Å². The molecular formula is C24H28N4O4S. The molecule has 8 nitrogen and oxygen atoms in total. The summed E-state index contributed by atoms with van der Waals surface area (Å²) in [7, 11) is 1.61. The summed E-state index contributed by atoms with van der Waals surface area (Å²) in [6.45, 7) is 4.98. The fourth-order valence-electron chi connectivity index (χ4n) is 3.50. The zero-order chi connectivity index (χ0) is 23.4. The highest BCUT2D eigenvalue weighted by Gasteiger charge is 2.18. The molecule has 1 N–H and O–H groups in total. The Labute approximate surface area is 196 Å². The van der Waals surface area contributed by atoms with Gasteiger partial charge in [-0.05, 0) is 48.7 Å². The van der Waals surface area contributed by atoms with Gasteiger partial charge in [-0.1, -0.05) is 37.7 Å². The number of methoxy groups -OCH3 is 1. The number of hydrogen-bond acceptors (Lipinski definition) is 7. The highest BCUT2D eigenvalue weighted by atomic mass is 32.2. The smallest absolute Gasteiger partial charge is 0.262 e. The van der Waals surface area contributed by atoms with Gasteiger partial charge < -0.3 is 14.6 Å². The Kier molecular flexibility index (Phi) is 7.20. The first-order chi connectivity index (χ1) is 16.0. The van der Waals surface area contributed by atoms with E-state index < -0.39 is 6.10 Å². The first kappa shape index (κ1) is 23.1. The molecule has 0 saturated carbocycles. The summed E-state index contributed by atoms with van der Waals surface area (Å²) >= 11 is 1.38. The van der Waals surface area contributed by atoms with Crippen molar-refractivity contribution >= 4 is 28.4 Å². The first-order valence-corrected chi connectivity index (χ1v) is 11.9. The predicted molar refractivity (Wildman–Crippen MR) is 129 cm³/mol. The molecule has 0 fully saturated rings. The van der Waals surface area contributed by atoms with E-state index in [-0.39, 0.29) is 12.2 Å². The van der Waals surface area contributed by atoms with Gasteiger partial charge in [-0.15, -0.1) is 10.2 Å². The van der Waals surface area contributed by atoms with Crippen LogP contribution in [0.1, 0.15) is 20.3 Å². The monoisotopic (exact) mass is 468 g/mol. The lowest BCUT2D eigenvalue weighted by Crippen LogP contribution is -2.24. The van der Waals surface area contributed by atoms with Crippen molar-refractivity contribution in [2.45, 2.75) is 38.1 Å². The van der Waals surface area contributed by atoms with Crippen LogP contribution >= 0.6 is 11.8 Å². The molecule has 0 saturated heterocycles. The number of aliphatic hydroxyl groups excluding tert-OH is 1. The summed E-state index contributed by atoms with van der Waals surface area (Å²) < 4.78 is 14.4. The Bertz CT molecular complexity index is 1280. The number of fused-ring (bicyclic) bond motifs is 3. The van der Waals surface area contributed by atoms with Crippen molar-refractivity contribution in [1.29, 1.82) is 0 Å². The summed E-state index contributed by atoms with van der Waals surface area (Å²) in [6.07, 6.45) is 0.160. The number of nitrogens with zero attached hydrogens (tertiary/aromatic N) is 4. The normalized spacial score (nSPS) is 12.5. The predicted octanol–water partition coefficient (Wildman–Crippen LogP) is 3.63. The molecule has 0 aliphatic carbocycles. The molecule has 0 spiro atoms. The third-order valence-electron chi connectivity index (χ3n) is 5.31. The second-order valence-corrected chi connectivity index (χ2v) is 9.21. The molecule has 0 radical (unpaired) electrons. The number of aliphatic hydroxyl groups is 1. The Hall–Kier alpha value is -3.04.